The van der Waals surface area contributed by atoms with E-state index in [1.165, 1.54) is 12.8 Å². The van der Waals surface area contributed by atoms with Crippen LogP contribution in [0.3, 0.4) is 0 Å². The molecule has 0 radical (unpaired) electrons. The average molecular weight is 368 g/mol. The molecule has 27 heavy (non-hydrogen) atoms. The van der Waals surface area contributed by atoms with Gasteiger partial charge in [-0.15, -0.1) is 10.2 Å². The smallest absolute Gasteiger partial charge is 0.247 e. The van der Waals surface area contributed by atoms with Crippen LogP contribution < -0.4 is 0 Å². The van der Waals surface area contributed by atoms with Crippen molar-refractivity contribution in [2.24, 2.45) is 5.92 Å². The number of benzene rings is 1. The van der Waals surface area contributed by atoms with Crippen molar-refractivity contribution in [1.29, 1.82) is 0 Å². The molecule has 2 aliphatic rings. The molecule has 6 heteroatoms. The third-order valence-corrected chi connectivity index (χ3v) is 5.70. The molecule has 144 valence electrons. The minimum Gasteiger partial charge on any atom is -0.419 e. The number of hydrogen-bond acceptors (Lipinski definition) is 5. The van der Waals surface area contributed by atoms with E-state index in [2.05, 4.69) is 20.0 Å². The molecule has 0 saturated carbocycles. The van der Waals surface area contributed by atoms with Crippen molar-refractivity contribution < 1.29 is 9.21 Å². The molecule has 0 bridgehead atoms. The van der Waals surface area contributed by atoms with Crippen molar-refractivity contribution in [3.05, 3.63) is 36.2 Å². The lowest BCUT2D eigenvalue weighted by Gasteiger charge is -2.33. The van der Waals surface area contributed by atoms with Crippen LogP contribution in [0, 0.1) is 5.92 Å². The topological polar surface area (TPSA) is 62.5 Å². The summed E-state index contributed by atoms with van der Waals surface area (Å²) in [5.41, 5.74) is 0.943. The van der Waals surface area contributed by atoms with Gasteiger partial charge in [0.2, 0.25) is 17.7 Å². The zero-order valence-electron chi connectivity index (χ0n) is 15.8. The van der Waals surface area contributed by atoms with Gasteiger partial charge in [-0.25, -0.2) is 0 Å². The number of carbonyl (C=O) groups is 1. The van der Waals surface area contributed by atoms with Crippen molar-refractivity contribution in [2.45, 2.75) is 45.1 Å². The zero-order chi connectivity index (χ0) is 18.5. The first-order chi connectivity index (χ1) is 13.3. The molecular formula is C21H28N4O2. The standard InChI is InChI=1S/C21H28N4O2/c26-21(25-12-6-1-2-7-13-25)18-10-14-24(15-11-18)16-19-22-23-20(27-19)17-8-4-3-5-9-17/h3-5,8-9,18H,1-2,6-7,10-16H2. The lowest BCUT2D eigenvalue weighted by atomic mass is 9.95. The summed E-state index contributed by atoms with van der Waals surface area (Å²) in [4.78, 5) is 17.2. The number of rotatable bonds is 4. The summed E-state index contributed by atoms with van der Waals surface area (Å²) in [6.45, 7) is 4.37. The Bertz CT molecular complexity index is 730. The minimum atomic E-state index is 0.182. The van der Waals surface area contributed by atoms with Gasteiger partial charge in [0.15, 0.2) is 0 Å². The summed E-state index contributed by atoms with van der Waals surface area (Å²) in [7, 11) is 0. The summed E-state index contributed by atoms with van der Waals surface area (Å²) in [6, 6.07) is 9.84. The van der Waals surface area contributed by atoms with Crippen LogP contribution in [0.15, 0.2) is 34.7 Å². The minimum absolute atomic E-state index is 0.182. The number of hydrogen-bond donors (Lipinski definition) is 0. The second kappa shape index (κ2) is 8.65. The molecule has 1 amide bonds. The summed E-state index contributed by atoms with van der Waals surface area (Å²) in [6.07, 6.45) is 6.69. The van der Waals surface area contributed by atoms with Gasteiger partial charge in [-0.3, -0.25) is 9.69 Å². The van der Waals surface area contributed by atoms with E-state index in [9.17, 15) is 4.79 Å². The SMILES string of the molecule is O=C(C1CCN(Cc2nnc(-c3ccccc3)o2)CC1)N1CCCCCC1. The molecule has 3 heterocycles. The summed E-state index contributed by atoms with van der Waals surface area (Å²) >= 11 is 0. The Morgan fingerprint density at radius 2 is 1.67 bits per heavy atom. The number of likely N-dealkylation sites (tertiary alicyclic amines) is 2. The molecule has 0 spiro atoms. The Balaban J connectivity index is 1.28. The van der Waals surface area contributed by atoms with E-state index in [0.29, 0.717) is 24.2 Å². The van der Waals surface area contributed by atoms with Crippen LogP contribution in [0.25, 0.3) is 11.5 Å². The predicted octanol–water partition coefficient (Wildman–Crippen LogP) is 3.35. The fourth-order valence-electron chi connectivity index (χ4n) is 4.09. The fourth-order valence-corrected chi connectivity index (χ4v) is 4.09. The van der Waals surface area contributed by atoms with Crippen molar-refractivity contribution >= 4 is 5.91 Å². The first kappa shape index (κ1) is 18.2. The van der Waals surface area contributed by atoms with Crippen LogP contribution in [0.4, 0.5) is 0 Å². The molecule has 0 aliphatic carbocycles. The number of aromatic nitrogens is 2. The third kappa shape index (κ3) is 4.56. The summed E-state index contributed by atoms with van der Waals surface area (Å²) in [5, 5.41) is 8.35. The van der Waals surface area contributed by atoms with Gasteiger partial charge >= 0.3 is 0 Å². The second-order valence-corrected chi connectivity index (χ2v) is 7.66. The number of nitrogens with zero attached hydrogens (tertiary/aromatic N) is 4. The monoisotopic (exact) mass is 368 g/mol. The van der Waals surface area contributed by atoms with Crippen LogP contribution in [-0.4, -0.2) is 52.1 Å². The molecule has 2 fully saturated rings. The molecule has 2 saturated heterocycles. The van der Waals surface area contributed by atoms with Crippen molar-refractivity contribution in [2.75, 3.05) is 26.2 Å². The molecule has 1 aromatic carbocycles. The molecule has 0 N–H and O–H groups in total. The van der Waals surface area contributed by atoms with Crippen molar-refractivity contribution in [1.82, 2.24) is 20.0 Å². The van der Waals surface area contributed by atoms with Crippen molar-refractivity contribution in [3.63, 3.8) is 0 Å². The third-order valence-electron chi connectivity index (χ3n) is 5.70. The van der Waals surface area contributed by atoms with E-state index >= 15 is 0 Å². The maximum Gasteiger partial charge on any atom is 0.247 e. The van der Waals surface area contributed by atoms with Crippen LogP contribution in [-0.2, 0) is 11.3 Å². The molecule has 1 aromatic heterocycles. The Labute approximate surface area is 160 Å². The van der Waals surface area contributed by atoms with E-state index in [0.717, 1.165) is 57.4 Å². The normalized spacial score (nSPS) is 19.8. The van der Waals surface area contributed by atoms with Crippen LogP contribution in [0.2, 0.25) is 0 Å². The van der Waals surface area contributed by atoms with Gasteiger partial charge in [0.05, 0.1) is 6.54 Å². The first-order valence-electron chi connectivity index (χ1n) is 10.2. The highest BCUT2D eigenvalue weighted by molar-refractivity contribution is 5.79. The Morgan fingerprint density at radius 1 is 0.963 bits per heavy atom. The van der Waals surface area contributed by atoms with Crippen molar-refractivity contribution in [3.8, 4) is 11.5 Å². The highest BCUT2D eigenvalue weighted by Crippen LogP contribution is 2.23. The van der Waals surface area contributed by atoms with Gasteiger partial charge in [0.1, 0.15) is 0 Å². The summed E-state index contributed by atoms with van der Waals surface area (Å²) < 4.78 is 5.82. The molecule has 0 atom stereocenters. The number of amides is 1. The molecule has 6 nitrogen and oxygen atoms in total. The van der Waals surface area contributed by atoms with Crippen LogP contribution >= 0.6 is 0 Å². The van der Waals surface area contributed by atoms with Gasteiger partial charge < -0.3 is 9.32 Å². The van der Waals surface area contributed by atoms with Crippen LogP contribution in [0.1, 0.15) is 44.4 Å². The van der Waals surface area contributed by atoms with Crippen LogP contribution in [0.5, 0.6) is 0 Å². The van der Waals surface area contributed by atoms with E-state index in [4.69, 9.17) is 4.42 Å². The highest BCUT2D eigenvalue weighted by Gasteiger charge is 2.29. The lowest BCUT2D eigenvalue weighted by Crippen LogP contribution is -2.42. The largest absolute Gasteiger partial charge is 0.419 e. The highest BCUT2D eigenvalue weighted by atomic mass is 16.4. The van der Waals surface area contributed by atoms with Gasteiger partial charge in [0.25, 0.3) is 0 Å². The quantitative estimate of drug-likeness (QED) is 0.828. The summed E-state index contributed by atoms with van der Waals surface area (Å²) in [5.74, 6) is 1.77. The first-order valence-corrected chi connectivity index (χ1v) is 10.2. The molecule has 2 aliphatic heterocycles. The van der Waals surface area contributed by atoms with Gasteiger partial charge in [-0.05, 0) is 50.9 Å². The predicted molar refractivity (Wildman–Crippen MR) is 103 cm³/mol. The molecular weight excluding hydrogens is 340 g/mol. The molecule has 2 aromatic rings. The Morgan fingerprint density at radius 3 is 2.37 bits per heavy atom. The zero-order valence-corrected chi connectivity index (χ0v) is 15.8. The van der Waals surface area contributed by atoms with Gasteiger partial charge in [0, 0.05) is 24.6 Å². The molecule has 0 unspecified atom stereocenters. The number of piperidine rings is 1. The van der Waals surface area contributed by atoms with Gasteiger partial charge in [-0.2, -0.15) is 0 Å². The Kier molecular flexibility index (Phi) is 5.82. The Hall–Kier alpha value is -2.21. The molecule has 4 rings (SSSR count). The maximum absolute atomic E-state index is 12.8. The van der Waals surface area contributed by atoms with E-state index in [-0.39, 0.29) is 5.92 Å². The fraction of sp³-hybridized carbons (Fsp3) is 0.571. The lowest BCUT2D eigenvalue weighted by molar-refractivity contribution is -0.137. The average Bonchev–Trinajstić information content (AvgIpc) is 3.01. The maximum atomic E-state index is 12.8. The van der Waals surface area contributed by atoms with E-state index in [1.807, 2.05) is 30.3 Å². The van der Waals surface area contributed by atoms with E-state index in [1.54, 1.807) is 0 Å². The second-order valence-electron chi connectivity index (χ2n) is 7.66. The van der Waals surface area contributed by atoms with Gasteiger partial charge in [-0.1, -0.05) is 31.0 Å². The van der Waals surface area contributed by atoms with E-state index < -0.39 is 0 Å². The number of carbonyl (C=O) groups excluding carboxylic acids is 1.